The van der Waals surface area contributed by atoms with Crippen molar-refractivity contribution in [3.05, 3.63) is 47.4 Å². The Morgan fingerprint density at radius 1 is 1.24 bits per heavy atom. The zero-order chi connectivity index (χ0) is 20.1. The molecule has 2 aliphatic carbocycles. The fourth-order valence-electron chi connectivity index (χ4n) is 5.36. The number of halogens is 1. The monoisotopic (exact) mass is 393 g/mol. The minimum atomic E-state index is -0.326. The summed E-state index contributed by atoms with van der Waals surface area (Å²) < 4.78 is 18.8. The molecule has 0 saturated heterocycles. The third-order valence-electron chi connectivity index (χ3n) is 6.73. The summed E-state index contributed by atoms with van der Waals surface area (Å²) in [6.45, 7) is 3.94. The number of carbonyl (C=O) groups is 1. The summed E-state index contributed by atoms with van der Waals surface area (Å²) in [5, 5.41) is 7.92. The maximum atomic E-state index is 13.3. The maximum Gasteiger partial charge on any atom is 0.259 e. The zero-order valence-corrected chi connectivity index (χ0v) is 16.6. The van der Waals surface area contributed by atoms with Crippen LogP contribution in [0.3, 0.4) is 0 Å². The van der Waals surface area contributed by atoms with Crippen LogP contribution in [-0.2, 0) is 0 Å². The standard InChI is InChI=1S/C23H24FN3O2/c1-12-9-19(22(28)26-13(2)18-11-14-3-4-16(18)10-14)20-21(27-29-23(20)25-12)15-5-7-17(24)8-6-15/h5-9,13-14,16,18H,3-4,10-11H2,1-2H3,(H,26,28)/t13-,14-,16-,18-/m1/s1. The minimum Gasteiger partial charge on any atom is -0.349 e. The Kier molecular flexibility index (Phi) is 4.37. The lowest BCUT2D eigenvalue weighted by atomic mass is 9.84. The average molecular weight is 393 g/mol. The Morgan fingerprint density at radius 3 is 2.72 bits per heavy atom. The zero-order valence-electron chi connectivity index (χ0n) is 16.6. The van der Waals surface area contributed by atoms with Gasteiger partial charge in [0.05, 0.1) is 10.9 Å². The molecule has 5 nitrogen and oxygen atoms in total. The quantitative estimate of drug-likeness (QED) is 0.685. The minimum absolute atomic E-state index is 0.121. The van der Waals surface area contributed by atoms with Gasteiger partial charge in [-0.25, -0.2) is 9.37 Å². The number of rotatable bonds is 4. The first-order valence-corrected chi connectivity index (χ1v) is 10.3. The molecule has 0 aliphatic heterocycles. The number of nitrogens with one attached hydrogen (secondary N) is 1. The number of aromatic nitrogens is 2. The van der Waals surface area contributed by atoms with Crippen LogP contribution in [0.15, 0.2) is 34.9 Å². The number of carbonyl (C=O) groups excluding carboxylic acids is 1. The summed E-state index contributed by atoms with van der Waals surface area (Å²) in [6, 6.07) is 7.89. The van der Waals surface area contributed by atoms with Crippen LogP contribution in [0.1, 0.15) is 48.7 Å². The van der Waals surface area contributed by atoms with Gasteiger partial charge in [-0.1, -0.05) is 11.6 Å². The Bertz CT molecular complexity index is 1080. The highest BCUT2D eigenvalue weighted by atomic mass is 19.1. The van der Waals surface area contributed by atoms with Gasteiger partial charge in [0.1, 0.15) is 11.5 Å². The number of aryl methyl sites for hydroxylation is 1. The fourth-order valence-corrected chi connectivity index (χ4v) is 5.36. The van der Waals surface area contributed by atoms with Crippen molar-refractivity contribution in [3.8, 4) is 11.3 Å². The predicted octanol–water partition coefficient (Wildman–Crippen LogP) is 4.89. The summed E-state index contributed by atoms with van der Waals surface area (Å²) >= 11 is 0. The van der Waals surface area contributed by atoms with Crippen molar-refractivity contribution in [3.63, 3.8) is 0 Å². The molecule has 0 unspecified atom stereocenters. The number of hydrogen-bond donors (Lipinski definition) is 1. The molecule has 1 amide bonds. The maximum absolute atomic E-state index is 13.3. The van der Waals surface area contributed by atoms with Crippen LogP contribution in [0.2, 0.25) is 0 Å². The molecule has 2 fully saturated rings. The first-order valence-electron chi connectivity index (χ1n) is 10.3. The van der Waals surface area contributed by atoms with Gasteiger partial charge >= 0.3 is 0 Å². The molecule has 5 rings (SSSR count). The highest BCUT2D eigenvalue weighted by molar-refractivity contribution is 6.09. The number of hydrogen-bond acceptors (Lipinski definition) is 4. The molecule has 0 radical (unpaired) electrons. The lowest BCUT2D eigenvalue weighted by molar-refractivity contribution is 0.0917. The molecule has 4 atom stereocenters. The van der Waals surface area contributed by atoms with Crippen molar-refractivity contribution in [1.82, 2.24) is 15.5 Å². The second-order valence-electron chi connectivity index (χ2n) is 8.63. The van der Waals surface area contributed by atoms with Crippen molar-refractivity contribution in [2.75, 3.05) is 0 Å². The molecule has 2 heterocycles. The van der Waals surface area contributed by atoms with E-state index in [1.807, 2.05) is 6.92 Å². The van der Waals surface area contributed by atoms with Gasteiger partial charge in [0.2, 0.25) is 0 Å². The summed E-state index contributed by atoms with van der Waals surface area (Å²) in [5.74, 6) is 1.66. The Morgan fingerprint density at radius 2 is 2.03 bits per heavy atom. The van der Waals surface area contributed by atoms with Crippen LogP contribution in [-0.4, -0.2) is 22.1 Å². The van der Waals surface area contributed by atoms with E-state index in [2.05, 4.69) is 22.4 Å². The smallest absolute Gasteiger partial charge is 0.259 e. The molecule has 29 heavy (non-hydrogen) atoms. The second kappa shape index (κ2) is 6.94. The number of pyridine rings is 1. The highest BCUT2D eigenvalue weighted by Crippen LogP contribution is 2.49. The van der Waals surface area contributed by atoms with Gasteiger partial charge in [0, 0.05) is 17.3 Å². The number of fused-ring (bicyclic) bond motifs is 3. The van der Waals surface area contributed by atoms with E-state index < -0.39 is 0 Å². The summed E-state index contributed by atoms with van der Waals surface area (Å²) in [4.78, 5) is 17.6. The van der Waals surface area contributed by atoms with E-state index in [1.54, 1.807) is 18.2 Å². The summed E-state index contributed by atoms with van der Waals surface area (Å²) in [5.41, 5.74) is 2.71. The van der Waals surface area contributed by atoms with Gasteiger partial charge in [0.15, 0.2) is 0 Å². The molecule has 1 N–H and O–H groups in total. The van der Waals surface area contributed by atoms with E-state index in [0.717, 1.165) is 11.8 Å². The molecule has 2 aliphatic rings. The molecule has 0 spiro atoms. The number of benzene rings is 1. The predicted molar refractivity (Wildman–Crippen MR) is 108 cm³/mol. The van der Waals surface area contributed by atoms with Crippen molar-refractivity contribution in [2.24, 2.45) is 17.8 Å². The lowest BCUT2D eigenvalue weighted by Crippen LogP contribution is -2.40. The van der Waals surface area contributed by atoms with E-state index in [-0.39, 0.29) is 17.8 Å². The molecular weight excluding hydrogens is 369 g/mol. The van der Waals surface area contributed by atoms with Crippen LogP contribution in [0.4, 0.5) is 4.39 Å². The van der Waals surface area contributed by atoms with Crippen molar-refractivity contribution in [1.29, 1.82) is 0 Å². The molecule has 3 aromatic rings. The Hall–Kier alpha value is -2.76. The summed E-state index contributed by atoms with van der Waals surface area (Å²) in [7, 11) is 0. The average Bonchev–Trinajstić information content (AvgIpc) is 3.43. The van der Waals surface area contributed by atoms with E-state index >= 15 is 0 Å². The normalized spacial score (nSPS) is 24.2. The van der Waals surface area contributed by atoms with Gasteiger partial charge in [-0.15, -0.1) is 0 Å². The van der Waals surface area contributed by atoms with E-state index in [0.29, 0.717) is 39.5 Å². The molecule has 2 aromatic heterocycles. The number of nitrogens with zero attached hydrogens (tertiary/aromatic N) is 2. The molecule has 2 saturated carbocycles. The SMILES string of the molecule is Cc1cc(C(=O)N[C@H](C)[C@H]2C[C@@H]3CC[C@@H]2C3)c2c(-c3ccc(F)cc3)noc2n1. The van der Waals surface area contributed by atoms with Gasteiger partial charge in [-0.2, -0.15) is 0 Å². The van der Waals surface area contributed by atoms with Crippen LogP contribution in [0.5, 0.6) is 0 Å². The van der Waals surface area contributed by atoms with Gasteiger partial charge in [-0.05, 0) is 81.2 Å². The lowest BCUT2D eigenvalue weighted by Gasteiger charge is -2.28. The first kappa shape index (κ1) is 18.3. The van der Waals surface area contributed by atoms with Crippen molar-refractivity contribution >= 4 is 17.0 Å². The fraction of sp³-hybridized carbons (Fsp3) is 0.435. The van der Waals surface area contributed by atoms with Crippen LogP contribution in [0, 0.1) is 30.5 Å². The molecule has 150 valence electrons. The third kappa shape index (κ3) is 3.20. The van der Waals surface area contributed by atoms with Crippen LogP contribution >= 0.6 is 0 Å². The van der Waals surface area contributed by atoms with Crippen LogP contribution in [0.25, 0.3) is 22.4 Å². The Balaban J connectivity index is 1.49. The van der Waals surface area contributed by atoms with E-state index in [4.69, 9.17) is 4.52 Å². The molecule has 6 heteroatoms. The van der Waals surface area contributed by atoms with Gasteiger partial charge in [0.25, 0.3) is 11.6 Å². The van der Waals surface area contributed by atoms with Crippen LogP contribution < -0.4 is 5.32 Å². The summed E-state index contributed by atoms with van der Waals surface area (Å²) in [6.07, 6.45) is 5.15. The van der Waals surface area contributed by atoms with Gasteiger partial charge in [-0.3, -0.25) is 4.79 Å². The Labute approximate surface area is 168 Å². The largest absolute Gasteiger partial charge is 0.349 e. The topological polar surface area (TPSA) is 68.0 Å². The van der Waals surface area contributed by atoms with Gasteiger partial charge < -0.3 is 9.84 Å². The molecule has 1 aromatic carbocycles. The molecule has 2 bridgehead atoms. The van der Waals surface area contributed by atoms with E-state index in [1.165, 1.54) is 37.8 Å². The molecular formula is C23H24FN3O2. The first-order chi connectivity index (χ1) is 14.0. The van der Waals surface area contributed by atoms with Crippen molar-refractivity contribution < 1.29 is 13.7 Å². The second-order valence-corrected chi connectivity index (χ2v) is 8.63. The third-order valence-corrected chi connectivity index (χ3v) is 6.73. The van der Waals surface area contributed by atoms with E-state index in [9.17, 15) is 9.18 Å². The highest BCUT2D eigenvalue weighted by Gasteiger charge is 2.42. The number of amides is 1. The van der Waals surface area contributed by atoms with Crippen molar-refractivity contribution in [2.45, 2.75) is 45.6 Å².